The second-order valence-electron chi connectivity index (χ2n) is 4.79. The van der Waals surface area contributed by atoms with Crippen molar-refractivity contribution in [2.75, 3.05) is 0 Å². The molecule has 78 valence electrons. The molecule has 0 saturated heterocycles. The van der Waals surface area contributed by atoms with Crippen LogP contribution in [0.1, 0.15) is 46.5 Å². The van der Waals surface area contributed by atoms with Crippen molar-refractivity contribution in [1.29, 1.82) is 0 Å². The van der Waals surface area contributed by atoms with Gasteiger partial charge in [-0.1, -0.05) is 19.8 Å². The average molecular weight is 186 g/mol. The van der Waals surface area contributed by atoms with Crippen LogP contribution in [-0.2, 0) is 0 Å². The van der Waals surface area contributed by atoms with Crippen LogP contribution >= 0.6 is 0 Å². The zero-order chi connectivity index (χ0) is 10.1. The highest BCUT2D eigenvalue weighted by atomic mass is 16.3. The summed E-state index contributed by atoms with van der Waals surface area (Å²) < 4.78 is 0. The molecule has 0 bridgehead atoms. The van der Waals surface area contributed by atoms with Gasteiger partial charge in [-0.15, -0.1) is 0 Å². The third-order valence-corrected chi connectivity index (χ3v) is 3.73. The van der Waals surface area contributed by atoms with Gasteiger partial charge in [0, 0.05) is 5.41 Å². The lowest BCUT2D eigenvalue weighted by molar-refractivity contribution is -0.0867. The first-order chi connectivity index (χ1) is 5.99. The van der Waals surface area contributed by atoms with Crippen LogP contribution in [-0.4, -0.2) is 22.4 Å². The molecule has 0 aromatic carbocycles. The van der Waals surface area contributed by atoms with Gasteiger partial charge in [0.1, 0.15) is 0 Å². The van der Waals surface area contributed by atoms with Crippen LogP contribution in [0, 0.1) is 11.3 Å². The Morgan fingerprint density at radius 3 is 2.08 bits per heavy atom. The molecule has 0 aromatic rings. The van der Waals surface area contributed by atoms with Gasteiger partial charge in [-0.2, -0.15) is 0 Å². The van der Waals surface area contributed by atoms with Crippen molar-refractivity contribution in [3.63, 3.8) is 0 Å². The first-order valence-corrected chi connectivity index (χ1v) is 5.35. The van der Waals surface area contributed by atoms with E-state index >= 15 is 0 Å². The molecule has 2 nitrogen and oxygen atoms in total. The molecule has 1 fully saturated rings. The van der Waals surface area contributed by atoms with E-state index in [0.717, 1.165) is 19.3 Å². The average Bonchev–Trinajstić information content (AvgIpc) is 2.03. The second kappa shape index (κ2) is 3.97. The maximum atomic E-state index is 9.76. The fourth-order valence-electron chi connectivity index (χ4n) is 2.74. The van der Waals surface area contributed by atoms with Gasteiger partial charge in [-0.3, -0.25) is 0 Å². The summed E-state index contributed by atoms with van der Waals surface area (Å²) in [5, 5.41) is 19.5. The number of hydrogen-bond donors (Lipinski definition) is 2. The molecule has 1 saturated carbocycles. The number of aliphatic hydroxyl groups is 2. The fourth-order valence-corrected chi connectivity index (χ4v) is 2.74. The minimum absolute atomic E-state index is 0.238. The van der Waals surface area contributed by atoms with Crippen LogP contribution in [0.5, 0.6) is 0 Å². The van der Waals surface area contributed by atoms with Gasteiger partial charge in [0.2, 0.25) is 0 Å². The molecular formula is C11H22O2. The van der Waals surface area contributed by atoms with E-state index in [2.05, 4.69) is 6.92 Å². The molecule has 13 heavy (non-hydrogen) atoms. The van der Waals surface area contributed by atoms with Crippen molar-refractivity contribution >= 4 is 0 Å². The van der Waals surface area contributed by atoms with E-state index in [9.17, 15) is 10.2 Å². The number of rotatable bonds is 2. The minimum atomic E-state index is -0.393. The second-order valence-corrected chi connectivity index (χ2v) is 4.79. The lowest BCUT2D eigenvalue weighted by Gasteiger charge is -2.44. The Labute approximate surface area is 81.0 Å². The predicted octanol–water partition coefficient (Wildman–Crippen LogP) is 1.94. The monoisotopic (exact) mass is 186 g/mol. The topological polar surface area (TPSA) is 40.5 Å². The lowest BCUT2D eigenvalue weighted by atomic mass is 9.64. The first kappa shape index (κ1) is 11.0. The van der Waals surface area contributed by atoms with E-state index in [-0.39, 0.29) is 5.41 Å². The van der Waals surface area contributed by atoms with Crippen LogP contribution in [0.25, 0.3) is 0 Å². The van der Waals surface area contributed by atoms with Crippen molar-refractivity contribution in [3.8, 4) is 0 Å². The van der Waals surface area contributed by atoms with Gasteiger partial charge in [0.15, 0.2) is 0 Å². The fraction of sp³-hybridized carbons (Fsp3) is 1.00. The molecule has 3 atom stereocenters. The Kier molecular flexibility index (Phi) is 3.36. The van der Waals surface area contributed by atoms with Crippen molar-refractivity contribution in [1.82, 2.24) is 0 Å². The van der Waals surface area contributed by atoms with Crippen LogP contribution in [0.3, 0.4) is 0 Å². The van der Waals surface area contributed by atoms with Gasteiger partial charge in [-0.25, -0.2) is 0 Å². The van der Waals surface area contributed by atoms with E-state index in [1.165, 1.54) is 6.42 Å². The van der Waals surface area contributed by atoms with E-state index in [4.69, 9.17) is 0 Å². The summed E-state index contributed by atoms with van der Waals surface area (Å²) in [7, 11) is 0. The molecule has 1 aliphatic carbocycles. The number of aliphatic hydroxyl groups excluding tert-OH is 2. The van der Waals surface area contributed by atoms with Gasteiger partial charge in [0.05, 0.1) is 12.2 Å². The SMILES string of the molecule is CC(O)C1(C(C)O)CCC[C@@H](C)C1. The Morgan fingerprint density at radius 1 is 1.23 bits per heavy atom. The van der Waals surface area contributed by atoms with Crippen molar-refractivity contribution in [2.24, 2.45) is 11.3 Å². The van der Waals surface area contributed by atoms with Crippen LogP contribution < -0.4 is 0 Å². The zero-order valence-electron chi connectivity index (χ0n) is 8.95. The first-order valence-electron chi connectivity index (χ1n) is 5.35. The normalized spacial score (nSPS) is 39.9. The summed E-state index contributed by atoms with van der Waals surface area (Å²) in [5.74, 6) is 0.637. The van der Waals surface area contributed by atoms with Crippen molar-refractivity contribution in [3.05, 3.63) is 0 Å². The van der Waals surface area contributed by atoms with E-state index in [0.29, 0.717) is 5.92 Å². The molecule has 0 amide bonds. The maximum absolute atomic E-state index is 9.76. The third kappa shape index (κ3) is 2.05. The highest BCUT2D eigenvalue weighted by Gasteiger charge is 2.42. The van der Waals surface area contributed by atoms with Crippen molar-refractivity contribution in [2.45, 2.75) is 58.7 Å². The molecule has 0 radical (unpaired) electrons. The van der Waals surface area contributed by atoms with Gasteiger partial charge in [0.25, 0.3) is 0 Å². The standard InChI is InChI=1S/C11H22O2/c1-8-5-4-6-11(7-8,9(2)12)10(3)13/h8-10,12-13H,4-7H2,1-3H3/t8-,9?,10?,11?/m1/s1. The molecule has 0 heterocycles. The summed E-state index contributed by atoms with van der Waals surface area (Å²) in [6.45, 7) is 5.83. The van der Waals surface area contributed by atoms with E-state index in [1.54, 1.807) is 0 Å². The molecule has 1 aliphatic rings. The van der Waals surface area contributed by atoms with E-state index in [1.807, 2.05) is 13.8 Å². The Balaban J connectivity index is 2.77. The maximum Gasteiger partial charge on any atom is 0.0593 e. The van der Waals surface area contributed by atoms with E-state index < -0.39 is 12.2 Å². The van der Waals surface area contributed by atoms with Gasteiger partial charge in [-0.05, 0) is 32.6 Å². The Hall–Kier alpha value is -0.0800. The summed E-state index contributed by atoms with van der Waals surface area (Å²) >= 11 is 0. The Morgan fingerprint density at radius 2 is 1.77 bits per heavy atom. The minimum Gasteiger partial charge on any atom is -0.393 e. The van der Waals surface area contributed by atoms with Gasteiger partial charge < -0.3 is 10.2 Å². The summed E-state index contributed by atoms with van der Waals surface area (Å²) in [4.78, 5) is 0. The predicted molar refractivity (Wildman–Crippen MR) is 53.4 cm³/mol. The number of hydrogen-bond acceptors (Lipinski definition) is 2. The van der Waals surface area contributed by atoms with Crippen LogP contribution in [0.2, 0.25) is 0 Å². The summed E-state index contributed by atoms with van der Waals surface area (Å²) in [6, 6.07) is 0. The smallest absolute Gasteiger partial charge is 0.0593 e. The molecular weight excluding hydrogens is 164 g/mol. The molecule has 2 unspecified atom stereocenters. The Bertz CT molecular complexity index is 155. The highest BCUT2D eigenvalue weighted by molar-refractivity contribution is 4.92. The molecule has 0 aliphatic heterocycles. The van der Waals surface area contributed by atoms with Gasteiger partial charge >= 0.3 is 0 Å². The van der Waals surface area contributed by atoms with Crippen molar-refractivity contribution < 1.29 is 10.2 Å². The molecule has 2 heteroatoms. The zero-order valence-corrected chi connectivity index (χ0v) is 8.95. The summed E-state index contributed by atoms with van der Waals surface area (Å²) in [5.41, 5.74) is -0.238. The lowest BCUT2D eigenvalue weighted by Crippen LogP contribution is -2.45. The summed E-state index contributed by atoms with van der Waals surface area (Å²) in [6.07, 6.45) is 3.51. The molecule has 0 aromatic heterocycles. The third-order valence-electron chi connectivity index (χ3n) is 3.73. The molecule has 2 N–H and O–H groups in total. The highest BCUT2D eigenvalue weighted by Crippen LogP contribution is 2.44. The molecule has 0 spiro atoms. The largest absolute Gasteiger partial charge is 0.393 e. The van der Waals surface area contributed by atoms with Crippen LogP contribution in [0.15, 0.2) is 0 Å². The van der Waals surface area contributed by atoms with Crippen LogP contribution in [0.4, 0.5) is 0 Å². The quantitative estimate of drug-likeness (QED) is 0.692. The molecule has 1 rings (SSSR count).